The fourth-order valence-electron chi connectivity index (χ4n) is 2.67. The second-order valence-corrected chi connectivity index (χ2v) is 6.40. The topological polar surface area (TPSA) is 63.7 Å². The van der Waals surface area contributed by atoms with Crippen molar-refractivity contribution in [2.24, 2.45) is 5.92 Å². The summed E-state index contributed by atoms with van der Waals surface area (Å²) in [4.78, 5) is 27.4. The van der Waals surface area contributed by atoms with E-state index < -0.39 is 5.97 Å². The van der Waals surface area contributed by atoms with Crippen LogP contribution in [0.25, 0.3) is 0 Å². The molecule has 2 rings (SSSR count). The third-order valence-corrected chi connectivity index (χ3v) is 4.79. The van der Waals surface area contributed by atoms with Crippen LogP contribution >= 0.6 is 11.8 Å². The van der Waals surface area contributed by atoms with E-state index in [9.17, 15) is 14.7 Å². The maximum absolute atomic E-state index is 11.9. The molecule has 0 aromatic carbocycles. The minimum absolute atomic E-state index is 0. The minimum Gasteiger partial charge on any atom is -0.543 e. The third-order valence-electron chi connectivity index (χ3n) is 3.70. The van der Waals surface area contributed by atoms with E-state index in [2.05, 4.69) is 4.90 Å². The monoisotopic (exact) mass is 306 g/mol. The maximum atomic E-state index is 11.9. The molecule has 0 bridgehead atoms. The summed E-state index contributed by atoms with van der Waals surface area (Å²) in [6.07, 6.45) is 1.45. The summed E-state index contributed by atoms with van der Waals surface area (Å²) in [6, 6.07) is 0.0484. The van der Waals surface area contributed by atoms with Gasteiger partial charge >= 0.3 is 29.6 Å². The third kappa shape index (κ3) is 3.25. The molecule has 0 aromatic heterocycles. The van der Waals surface area contributed by atoms with E-state index in [0.717, 1.165) is 23.6 Å². The van der Waals surface area contributed by atoms with Gasteiger partial charge in [0, 0.05) is 23.6 Å². The minimum atomic E-state index is -1.22. The van der Waals surface area contributed by atoms with Gasteiger partial charge in [0.2, 0.25) is 5.91 Å². The summed E-state index contributed by atoms with van der Waals surface area (Å²) in [5.74, 6) is -0.473. The van der Waals surface area contributed by atoms with Crippen LogP contribution in [0.4, 0.5) is 0 Å². The van der Waals surface area contributed by atoms with Crippen molar-refractivity contribution in [2.45, 2.75) is 25.8 Å². The summed E-state index contributed by atoms with van der Waals surface area (Å²) in [6.45, 7) is 2.85. The Morgan fingerprint density at radius 2 is 2.15 bits per heavy atom. The number of carbonyl (C=O) groups excluding carboxylic acids is 2. The summed E-state index contributed by atoms with van der Waals surface area (Å²) < 4.78 is 0. The van der Waals surface area contributed by atoms with Gasteiger partial charge in [-0.25, -0.2) is 0 Å². The second-order valence-electron chi connectivity index (χ2n) is 5.21. The van der Waals surface area contributed by atoms with Crippen molar-refractivity contribution in [3.05, 3.63) is 10.6 Å². The van der Waals surface area contributed by atoms with E-state index in [-0.39, 0.29) is 53.1 Å². The molecule has 0 spiro atoms. The standard InChI is InChI=1S/C13H20N2O3S.Na/c1-4-8-9-7-10(19-6-5-14(2)3)11(13(17)18)15(9)12(8)16;/h8-9H,4-7H2,1-3H3,(H,17,18);/q;+1/p-1/t8-,9-;/m1./s1. The number of thioether (sulfide) groups is 1. The first-order valence-electron chi connectivity index (χ1n) is 6.52. The molecule has 5 nitrogen and oxygen atoms in total. The van der Waals surface area contributed by atoms with E-state index in [1.54, 1.807) is 0 Å². The molecule has 0 saturated carbocycles. The Kier molecular flexibility index (Phi) is 6.60. The zero-order valence-electron chi connectivity index (χ0n) is 12.5. The maximum Gasteiger partial charge on any atom is 1.00 e. The number of aliphatic carboxylic acids is 1. The predicted molar refractivity (Wildman–Crippen MR) is 72.1 cm³/mol. The van der Waals surface area contributed by atoms with Crippen molar-refractivity contribution in [3.63, 3.8) is 0 Å². The van der Waals surface area contributed by atoms with Crippen LogP contribution in [0.1, 0.15) is 19.8 Å². The normalized spacial score (nSPS) is 24.6. The van der Waals surface area contributed by atoms with Crippen molar-refractivity contribution in [1.29, 1.82) is 0 Å². The second kappa shape index (κ2) is 7.31. The first-order valence-corrected chi connectivity index (χ1v) is 7.51. The molecule has 1 saturated heterocycles. The van der Waals surface area contributed by atoms with Crippen molar-refractivity contribution >= 4 is 23.6 Å². The molecule has 2 aliphatic rings. The molecule has 1 fully saturated rings. The van der Waals surface area contributed by atoms with Crippen LogP contribution in [0.5, 0.6) is 0 Å². The number of amides is 1. The zero-order valence-corrected chi connectivity index (χ0v) is 15.3. The quantitative estimate of drug-likeness (QED) is 0.384. The predicted octanol–water partition coefficient (Wildman–Crippen LogP) is -3.11. The van der Waals surface area contributed by atoms with Crippen molar-refractivity contribution in [1.82, 2.24) is 9.80 Å². The molecular weight excluding hydrogens is 287 g/mol. The molecule has 0 N–H and O–H groups in total. The zero-order chi connectivity index (χ0) is 14.2. The molecule has 2 aliphatic heterocycles. The first-order chi connectivity index (χ1) is 8.97. The number of nitrogens with zero attached hydrogens (tertiary/aromatic N) is 2. The Bertz CT molecular complexity index is 439. The molecule has 0 aromatic rings. The number of fused-ring (bicyclic) bond motifs is 1. The van der Waals surface area contributed by atoms with Gasteiger partial charge in [0.1, 0.15) is 0 Å². The summed E-state index contributed by atoms with van der Waals surface area (Å²) >= 11 is 1.53. The number of carbonyl (C=O) groups is 2. The van der Waals surface area contributed by atoms with Crippen LogP contribution in [0, 0.1) is 5.92 Å². The van der Waals surface area contributed by atoms with E-state index in [0.29, 0.717) is 6.42 Å². The van der Waals surface area contributed by atoms with Gasteiger partial charge in [-0.1, -0.05) is 6.92 Å². The van der Waals surface area contributed by atoms with Gasteiger partial charge in [0.15, 0.2) is 0 Å². The molecule has 20 heavy (non-hydrogen) atoms. The van der Waals surface area contributed by atoms with Gasteiger partial charge in [-0.05, 0) is 20.5 Å². The Morgan fingerprint density at radius 1 is 1.50 bits per heavy atom. The van der Waals surface area contributed by atoms with Gasteiger partial charge in [-0.2, -0.15) is 0 Å². The summed E-state index contributed by atoms with van der Waals surface area (Å²) in [5, 5.41) is 11.3. The van der Waals surface area contributed by atoms with E-state index in [1.165, 1.54) is 16.7 Å². The van der Waals surface area contributed by atoms with Crippen LogP contribution in [-0.4, -0.2) is 54.1 Å². The molecule has 1 amide bonds. The van der Waals surface area contributed by atoms with Crippen LogP contribution in [-0.2, 0) is 9.59 Å². The van der Waals surface area contributed by atoms with Crippen molar-refractivity contribution < 1.29 is 44.3 Å². The molecule has 2 atom stereocenters. The van der Waals surface area contributed by atoms with Gasteiger partial charge in [-0.3, -0.25) is 4.79 Å². The average molecular weight is 306 g/mol. The Hall–Kier alpha value is -0.01000. The van der Waals surface area contributed by atoms with Gasteiger partial charge < -0.3 is 19.7 Å². The molecule has 0 unspecified atom stereocenters. The number of hydrogen-bond acceptors (Lipinski definition) is 5. The number of rotatable bonds is 6. The SMILES string of the molecule is CC[C@H]1C(=O)N2C(C(=O)[O-])=C(SCCN(C)C)C[C@H]12.[Na+]. The molecule has 2 heterocycles. The first kappa shape index (κ1) is 18.0. The fraction of sp³-hybridized carbons (Fsp3) is 0.692. The van der Waals surface area contributed by atoms with Crippen molar-refractivity contribution in [2.75, 3.05) is 26.4 Å². The van der Waals surface area contributed by atoms with E-state index in [4.69, 9.17) is 0 Å². The number of β-lactam (4-membered cyclic amide) rings is 1. The van der Waals surface area contributed by atoms with Crippen molar-refractivity contribution in [3.8, 4) is 0 Å². The Balaban J connectivity index is 0.00000200. The summed E-state index contributed by atoms with van der Waals surface area (Å²) in [7, 11) is 3.96. The fourth-order valence-corrected chi connectivity index (χ4v) is 3.98. The van der Waals surface area contributed by atoms with Crippen LogP contribution in [0.3, 0.4) is 0 Å². The Morgan fingerprint density at radius 3 is 2.65 bits per heavy atom. The van der Waals surface area contributed by atoms with Gasteiger partial charge in [0.25, 0.3) is 0 Å². The molecule has 0 radical (unpaired) electrons. The number of carboxylic acid groups (broad SMARTS) is 1. The smallest absolute Gasteiger partial charge is 0.543 e. The van der Waals surface area contributed by atoms with Crippen LogP contribution in [0.15, 0.2) is 10.6 Å². The summed E-state index contributed by atoms with van der Waals surface area (Å²) in [5.41, 5.74) is 0.114. The van der Waals surface area contributed by atoms with E-state index >= 15 is 0 Å². The molecule has 106 valence electrons. The number of carboxylic acids is 1. The molecule has 7 heteroatoms. The Labute approximate surface area is 146 Å². The number of hydrogen-bond donors (Lipinski definition) is 0. The average Bonchev–Trinajstić information content (AvgIpc) is 2.65. The molecule has 0 aliphatic carbocycles. The van der Waals surface area contributed by atoms with Gasteiger partial charge in [-0.15, -0.1) is 11.8 Å². The van der Waals surface area contributed by atoms with Crippen LogP contribution < -0.4 is 34.7 Å². The molecular formula is C13H19N2NaO3S. The largest absolute Gasteiger partial charge is 1.00 e. The van der Waals surface area contributed by atoms with Crippen LogP contribution in [0.2, 0.25) is 0 Å². The van der Waals surface area contributed by atoms with Gasteiger partial charge in [0.05, 0.1) is 23.6 Å². The van der Waals surface area contributed by atoms with E-state index in [1.807, 2.05) is 21.0 Å².